The number of amides is 1. The summed E-state index contributed by atoms with van der Waals surface area (Å²) in [5.74, 6) is -1.07. The Morgan fingerprint density at radius 3 is 2.73 bits per heavy atom. The van der Waals surface area contributed by atoms with E-state index in [4.69, 9.17) is 21.4 Å². The van der Waals surface area contributed by atoms with E-state index in [1.54, 1.807) is 24.3 Å². The van der Waals surface area contributed by atoms with Gasteiger partial charge in [0.05, 0.1) is 11.3 Å². The Bertz CT molecular complexity index is 814. The summed E-state index contributed by atoms with van der Waals surface area (Å²) in [7, 11) is 0. The number of carbonyl (C=O) groups is 2. The van der Waals surface area contributed by atoms with Crippen molar-refractivity contribution in [2.75, 3.05) is 5.32 Å². The van der Waals surface area contributed by atoms with Crippen molar-refractivity contribution in [1.29, 1.82) is 0 Å². The zero-order valence-corrected chi connectivity index (χ0v) is 11.9. The topological polar surface area (TPSA) is 75.6 Å². The number of ether oxygens (including phenoxy) is 1. The van der Waals surface area contributed by atoms with Crippen molar-refractivity contribution < 1.29 is 19.4 Å². The van der Waals surface area contributed by atoms with Gasteiger partial charge in [-0.1, -0.05) is 29.8 Å². The second-order valence-corrected chi connectivity index (χ2v) is 5.01. The van der Waals surface area contributed by atoms with Gasteiger partial charge in [0.25, 0.3) is 5.91 Å². The van der Waals surface area contributed by atoms with Crippen LogP contribution >= 0.6 is 11.6 Å². The molecule has 0 aliphatic carbocycles. The van der Waals surface area contributed by atoms with Crippen LogP contribution in [0.1, 0.15) is 15.9 Å². The van der Waals surface area contributed by atoms with E-state index in [2.05, 4.69) is 5.32 Å². The molecule has 0 radical (unpaired) electrons. The highest BCUT2D eigenvalue weighted by Gasteiger charge is 2.23. The molecule has 1 heterocycles. The summed E-state index contributed by atoms with van der Waals surface area (Å²) >= 11 is 6.05. The molecule has 0 saturated carbocycles. The van der Waals surface area contributed by atoms with Gasteiger partial charge in [-0.15, -0.1) is 0 Å². The van der Waals surface area contributed by atoms with Crippen molar-refractivity contribution in [3.8, 4) is 5.75 Å². The molecule has 1 aliphatic heterocycles. The summed E-state index contributed by atoms with van der Waals surface area (Å²) in [6.45, 7) is 0. The molecule has 22 heavy (non-hydrogen) atoms. The van der Waals surface area contributed by atoms with Crippen LogP contribution in [0.25, 0.3) is 6.08 Å². The van der Waals surface area contributed by atoms with Crippen LogP contribution in [0.15, 0.2) is 48.2 Å². The number of nitrogens with one attached hydrogen (secondary N) is 1. The zero-order chi connectivity index (χ0) is 15.7. The molecule has 0 saturated heterocycles. The molecular weight excluding hydrogens is 306 g/mol. The number of anilines is 1. The molecule has 2 N–H and O–H groups in total. The fourth-order valence-corrected chi connectivity index (χ4v) is 2.22. The number of rotatable bonds is 2. The molecule has 0 aromatic heterocycles. The van der Waals surface area contributed by atoms with Gasteiger partial charge in [0.1, 0.15) is 0 Å². The Labute approximate surface area is 130 Å². The van der Waals surface area contributed by atoms with E-state index in [1.165, 1.54) is 24.3 Å². The summed E-state index contributed by atoms with van der Waals surface area (Å²) in [5, 5.41) is 12.1. The highest BCUT2D eigenvalue weighted by Crippen LogP contribution is 2.32. The molecule has 1 amide bonds. The number of hydrogen-bond donors (Lipinski definition) is 2. The van der Waals surface area contributed by atoms with Gasteiger partial charge >= 0.3 is 5.97 Å². The molecule has 110 valence electrons. The predicted octanol–water partition coefficient (Wildman–Crippen LogP) is 3.41. The second kappa shape index (κ2) is 5.54. The van der Waals surface area contributed by atoms with Crippen LogP contribution in [0.4, 0.5) is 5.69 Å². The summed E-state index contributed by atoms with van der Waals surface area (Å²) < 4.78 is 5.54. The van der Waals surface area contributed by atoms with Crippen molar-refractivity contribution in [2.24, 2.45) is 0 Å². The van der Waals surface area contributed by atoms with Crippen molar-refractivity contribution in [1.82, 2.24) is 0 Å². The van der Waals surface area contributed by atoms with Gasteiger partial charge in [-0.2, -0.15) is 0 Å². The SMILES string of the molecule is O=C1Nc2cc(C(=O)O)ccc2O/C1=C/c1ccccc1Cl. The Balaban J connectivity index is 1.97. The van der Waals surface area contributed by atoms with Crippen LogP contribution < -0.4 is 10.1 Å². The van der Waals surface area contributed by atoms with Crippen LogP contribution in [-0.4, -0.2) is 17.0 Å². The van der Waals surface area contributed by atoms with E-state index in [1.807, 2.05) is 0 Å². The second-order valence-electron chi connectivity index (χ2n) is 4.60. The number of benzene rings is 2. The average molecular weight is 316 g/mol. The normalized spacial score (nSPS) is 15.0. The molecular formula is C16H10ClNO4. The van der Waals surface area contributed by atoms with Crippen LogP contribution in [0.3, 0.4) is 0 Å². The van der Waals surface area contributed by atoms with Crippen molar-refractivity contribution in [3.05, 3.63) is 64.4 Å². The van der Waals surface area contributed by atoms with E-state index in [-0.39, 0.29) is 11.3 Å². The first-order valence-electron chi connectivity index (χ1n) is 6.37. The molecule has 1 aliphatic rings. The van der Waals surface area contributed by atoms with E-state index in [0.29, 0.717) is 22.0 Å². The minimum absolute atomic E-state index is 0.0705. The first kappa shape index (κ1) is 14.2. The number of aromatic carboxylic acids is 1. The van der Waals surface area contributed by atoms with Gasteiger partial charge in [-0.3, -0.25) is 4.79 Å². The third-order valence-corrected chi connectivity index (χ3v) is 3.45. The molecule has 0 atom stereocenters. The van der Waals surface area contributed by atoms with Gasteiger partial charge < -0.3 is 15.2 Å². The monoisotopic (exact) mass is 315 g/mol. The Morgan fingerprint density at radius 1 is 1.23 bits per heavy atom. The molecule has 2 aromatic carbocycles. The third-order valence-electron chi connectivity index (χ3n) is 3.11. The van der Waals surface area contributed by atoms with Gasteiger partial charge in [-0.25, -0.2) is 4.79 Å². The van der Waals surface area contributed by atoms with Crippen molar-refractivity contribution in [2.45, 2.75) is 0 Å². The van der Waals surface area contributed by atoms with Gasteiger partial charge in [-0.05, 0) is 35.9 Å². The zero-order valence-electron chi connectivity index (χ0n) is 11.2. The smallest absolute Gasteiger partial charge is 0.335 e. The summed E-state index contributed by atoms with van der Waals surface area (Å²) in [6.07, 6.45) is 1.53. The van der Waals surface area contributed by atoms with E-state index in [9.17, 15) is 9.59 Å². The Morgan fingerprint density at radius 2 is 2.00 bits per heavy atom. The largest absolute Gasteiger partial charge is 0.478 e. The van der Waals surface area contributed by atoms with Crippen molar-refractivity contribution in [3.63, 3.8) is 0 Å². The molecule has 0 unspecified atom stereocenters. The number of halogens is 1. The quantitative estimate of drug-likeness (QED) is 0.833. The maximum absolute atomic E-state index is 12.1. The molecule has 0 spiro atoms. The van der Waals surface area contributed by atoms with Gasteiger partial charge in [0.2, 0.25) is 0 Å². The Hall–Kier alpha value is -2.79. The lowest BCUT2D eigenvalue weighted by atomic mass is 10.1. The van der Waals surface area contributed by atoms with Gasteiger partial charge in [0.15, 0.2) is 11.5 Å². The summed E-state index contributed by atoms with van der Waals surface area (Å²) in [6, 6.07) is 11.3. The maximum atomic E-state index is 12.1. The summed E-state index contributed by atoms with van der Waals surface area (Å²) in [5.41, 5.74) is 1.04. The first-order chi connectivity index (χ1) is 10.5. The lowest BCUT2D eigenvalue weighted by molar-refractivity contribution is -0.115. The highest BCUT2D eigenvalue weighted by atomic mass is 35.5. The van der Waals surface area contributed by atoms with Crippen LogP contribution in [0.5, 0.6) is 5.75 Å². The number of fused-ring (bicyclic) bond motifs is 1. The number of hydrogen-bond acceptors (Lipinski definition) is 3. The lowest BCUT2D eigenvalue weighted by Gasteiger charge is -2.20. The van der Waals surface area contributed by atoms with Gasteiger partial charge in [0, 0.05) is 5.02 Å². The van der Waals surface area contributed by atoms with E-state index < -0.39 is 11.9 Å². The molecule has 6 heteroatoms. The highest BCUT2D eigenvalue weighted by molar-refractivity contribution is 6.32. The minimum atomic E-state index is -1.07. The Kier molecular flexibility index (Phi) is 3.56. The molecule has 0 fully saturated rings. The molecule has 2 aromatic rings. The van der Waals surface area contributed by atoms with E-state index in [0.717, 1.165) is 0 Å². The first-order valence-corrected chi connectivity index (χ1v) is 6.75. The average Bonchev–Trinajstić information content (AvgIpc) is 2.49. The molecule has 5 nitrogen and oxygen atoms in total. The fourth-order valence-electron chi connectivity index (χ4n) is 2.03. The minimum Gasteiger partial charge on any atom is -0.478 e. The third kappa shape index (κ3) is 2.66. The number of carbonyl (C=O) groups excluding carboxylic acids is 1. The fraction of sp³-hybridized carbons (Fsp3) is 0. The number of carboxylic acid groups (broad SMARTS) is 1. The van der Waals surface area contributed by atoms with E-state index >= 15 is 0 Å². The molecule has 3 rings (SSSR count). The summed E-state index contributed by atoms with van der Waals surface area (Å²) in [4.78, 5) is 23.0. The lowest BCUT2D eigenvalue weighted by Crippen LogP contribution is -2.23. The van der Waals surface area contributed by atoms with Crippen molar-refractivity contribution >= 4 is 35.2 Å². The predicted molar refractivity (Wildman–Crippen MR) is 82.1 cm³/mol. The standard InChI is InChI=1S/C16H10ClNO4/c17-11-4-2-1-3-9(11)8-14-15(19)18-12-7-10(16(20)21)5-6-13(12)22-14/h1-8H,(H,18,19)(H,20,21)/b14-8+. The van der Waals surface area contributed by atoms with Crippen LogP contribution in [0.2, 0.25) is 5.02 Å². The van der Waals surface area contributed by atoms with Crippen LogP contribution in [0, 0.1) is 0 Å². The maximum Gasteiger partial charge on any atom is 0.335 e. The molecule has 0 bridgehead atoms. The number of carboxylic acids is 1. The van der Waals surface area contributed by atoms with Crippen LogP contribution in [-0.2, 0) is 4.79 Å².